The summed E-state index contributed by atoms with van der Waals surface area (Å²) in [6, 6.07) is 18.2. The molecule has 36 heavy (non-hydrogen) atoms. The molecule has 0 saturated heterocycles. The first kappa shape index (κ1) is 25.7. The van der Waals surface area contributed by atoms with Crippen molar-refractivity contribution >= 4 is 61.8 Å². The number of carbonyl (C=O) groups is 1. The Kier molecular flexibility index (Phi) is 8.58. The molecule has 7 nitrogen and oxygen atoms in total. The first-order valence-electron chi connectivity index (χ1n) is 10.9. The molecule has 1 heterocycles. The predicted molar refractivity (Wildman–Crippen MR) is 149 cm³/mol. The third-order valence-electron chi connectivity index (χ3n) is 4.96. The Labute approximate surface area is 226 Å². The van der Waals surface area contributed by atoms with Crippen molar-refractivity contribution in [3.63, 3.8) is 0 Å². The highest BCUT2D eigenvalue weighted by atomic mass is 79.9. The standard InChI is InChI=1S/C26H22BrClN4O3S/c1-3-35-24-21(27)12-16(13-23(24)34-2)14-29-32-25(33)18-6-4-17(5-7-18)22-15-36-26(31-22)30-20-10-8-19(28)9-11-20/h4-15H,3H2,1-2H3,(H,30,31)(H,32,33)/b29-14-. The first-order valence-corrected chi connectivity index (χ1v) is 12.9. The van der Waals surface area contributed by atoms with Crippen LogP contribution < -0.4 is 20.2 Å². The molecular formula is C26H22BrClN4O3S. The molecule has 0 aliphatic heterocycles. The van der Waals surface area contributed by atoms with Crippen molar-refractivity contribution in [1.29, 1.82) is 0 Å². The van der Waals surface area contributed by atoms with Crippen LogP contribution in [0.1, 0.15) is 22.8 Å². The summed E-state index contributed by atoms with van der Waals surface area (Å²) in [5.74, 6) is 0.871. The maximum atomic E-state index is 12.5. The molecule has 1 aromatic heterocycles. The Morgan fingerprint density at radius 2 is 1.92 bits per heavy atom. The zero-order valence-corrected chi connectivity index (χ0v) is 22.6. The highest BCUT2D eigenvalue weighted by Crippen LogP contribution is 2.36. The van der Waals surface area contributed by atoms with Crippen LogP contribution in [0.3, 0.4) is 0 Å². The monoisotopic (exact) mass is 584 g/mol. The maximum Gasteiger partial charge on any atom is 0.271 e. The molecule has 184 valence electrons. The topological polar surface area (TPSA) is 84.8 Å². The van der Waals surface area contributed by atoms with Crippen LogP contribution >= 0.6 is 38.9 Å². The molecule has 2 N–H and O–H groups in total. The lowest BCUT2D eigenvalue weighted by molar-refractivity contribution is 0.0955. The fourth-order valence-electron chi connectivity index (χ4n) is 3.24. The van der Waals surface area contributed by atoms with Gasteiger partial charge < -0.3 is 14.8 Å². The van der Waals surface area contributed by atoms with E-state index in [1.807, 2.05) is 54.8 Å². The van der Waals surface area contributed by atoms with Crippen molar-refractivity contribution in [2.75, 3.05) is 19.0 Å². The van der Waals surface area contributed by atoms with Gasteiger partial charge in [0.25, 0.3) is 5.91 Å². The fourth-order valence-corrected chi connectivity index (χ4v) is 4.68. The Morgan fingerprint density at radius 1 is 1.17 bits per heavy atom. The summed E-state index contributed by atoms with van der Waals surface area (Å²) < 4.78 is 11.7. The van der Waals surface area contributed by atoms with Gasteiger partial charge in [0.1, 0.15) is 0 Å². The van der Waals surface area contributed by atoms with E-state index in [1.54, 1.807) is 31.5 Å². The number of carbonyl (C=O) groups excluding carboxylic acids is 1. The summed E-state index contributed by atoms with van der Waals surface area (Å²) in [4.78, 5) is 17.2. The van der Waals surface area contributed by atoms with E-state index in [9.17, 15) is 4.79 Å². The van der Waals surface area contributed by atoms with E-state index in [4.69, 9.17) is 21.1 Å². The van der Waals surface area contributed by atoms with E-state index in [2.05, 4.69) is 36.8 Å². The minimum atomic E-state index is -0.321. The second-order valence-electron chi connectivity index (χ2n) is 7.41. The molecule has 0 unspecified atom stereocenters. The van der Waals surface area contributed by atoms with Crippen LogP contribution in [-0.2, 0) is 0 Å². The molecule has 10 heteroatoms. The lowest BCUT2D eigenvalue weighted by Gasteiger charge is -2.11. The lowest BCUT2D eigenvalue weighted by atomic mass is 10.1. The largest absolute Gasteiger partial charge is 0.493 e. The highest BCUT2D eigenvalue weighted by Gasteiger charge is 2.11. The first-order chi connectivity index (χ1) is 17.5. The van der Waals surface area contributed by atoms with Gasteiger partial charge in [-0.2, -0.15) is 5.10 Å². The molecule has 1 amide bonds. The molecule has 0 atom stereocenters. The smallest absolute Gasteiger partial charge is 0.271 e. The van der Waals surface area contributed by atoms with Gasteiger partial charge in [0.2, 0.25) is 0 Å². The van der Waals surface area contributed by atoms with Crippen LogP contribution in [0, 0.1) is 0 Å². The average molecular weight is 586 g/mol. The molecule has 0 saturated carbocycles. The van der Waals surface area contributed by atoms with Gasteiger partial charge >= 0.3 is 0 Å². The van der Waals surface area contributed by atoms with Crippen LogP contribution in [0.25, 0.3) is 11.3 Å². The van der Waals surface area contributed by atoms with Gasteiger partial charge in [-0.1, -0.05) is 23.7 Å². The number of ether oxygens (including phenoxy) is 2. The summed E-state index contributed by atoms with van der Waals surface area (Å²) >= 11 is 10.9. The molecule has 4 aromatic rings. The molecule has 0 aliphatic rings. The molecule has 0 spiro atoms. The second-order valence-corrected chi connectivity index (χ2v) is 9.56. The fraction of sp³-hybridized carbons (Fsp3) is 0.115. The average Bonchev–Trinajstić information content (AvgIpc) is 3.35. The quantitative estimate of drug-likeness (QED) is 0.161. The zero-order valence-electron chi connectivity index (χ0n) is 19.4. The number of hydrogen-bond acceptors (Lipinski definition) is 7. The predicted octanol–water partition coefficient (Wildman–Crippen LogP) is 7.14. The van der Waals surface area contributed by atoms with Gasteiger partial charge in [-0.25, -0.2) is 10.4 Å². The highest BCUT2D eigenvalue weighted by molar-refractivity contribution is 9.10. The summed E-state index contributed by atoms with van der Waals surface area (Å²) in [6.45, 7) is 2.42. The molecule has 3 aromatic carbocycles. The van der Waals surface area contributed by atoms with Crippen LogP contribution in [-0.4, -0.2) is 30.8 Å². The number of thiazole rings is 1. The number of rotatable bonds is 9. The van der Waals surface area contributed by atoms with Crippen LogP contribution in [0.5, 0.6) is 11.5 Å². The summed E-state index contributed by atoms with van der Waals surface area (Å²) in [5, 5.41) is 10.7. The SMILES string of the molecule is CCOc1c(Br)cc(/C=N\NC(=O)c2ccc(-c3csc(Nc4ccc(Cl)cc4)n3)cc2)cc1OC. The summed E-state index contributed by atoms with van der Waals surface area (Å²) in [5.41, 5.74) is 6.40. The van der Waals surface area contributed by atoms with Gasteiger partial charge in [-0.15, -0.1) is 11.3 Å². The van der Waals surface area contributed by atoms with Crippen molar-refractivity contribution in [3.8, 4) is 22.8 Å². The van der Waals surface area contributed by atoms with Crippen LogP contribution in [0.15, 0.2) is 75.6 Å². The van der Waals surface area contributed by atoms with Crippen LogP contribution in [0.4, 0.5) is 10.8 Å². The maximum absolute atomic E-state index is 12.5. The number of hydrogen-bond donors (Lipinski definition) is 2. The van der Waals surface area contributed by atoms with Crippen LogP contribution in [0.2, 0.25) is 5.02 Å². The third kappa shape index (κ3) is 6.42. The van der Waals surface area contributed by atoms with Crippen molar-refractivity contribution < 1.29 is 14.3 Å². The van der Waals surface area contributed by atoms with Crippen molar-refractivity contribution in [1.82, 2.24) is 10.4 Å². The van der Waals surface area contributed by atoms with E-state index < -0.39 is 0 Å². The zero-order chi connectivity index (χ0) is 25.5. The van der Waals surface area contributed by atoms with Crippen molar-refractivity contribution in [2.45, 2.75) is 6.92 Å². The molecule has 0 bridgehead atoms. The number of aromatic nitrogens is 1. The number of benzene rings is 3. The molecule has 4 rings (SSSR count). The normalized spacial score (nSPS) is 10.9. The molecule has 0 fully saturated rings. The Morgan fingerprint density at radius 3 is 2.61 bits per heavy atom. The number of nitrogens with one attached hydrogen (secondary N) is 2. The number of anilines is 2. The molecule has 0 aliphatic carbocycles. The van der Waals surface area contributed by atoms with E-state index in [-0.39, 0.29) is 5.91 Å². The number of nitrogens with zero attached hydrogens (tertiary/aromatic N) is 2. The number of methoxy groups -OCH3 is 1. The second kappa shape index (κ2) is 12.0. The van der Waals surface area contributed by atoms with Crippen molar-refractivity contribution in [2.24, 2.45) is 5.10 Å². The number of amides is 1. The van der Waals surface area contributed by atoms with Gasteiger partial charge in [-0.05, 0) is 76.9 Å². The third-order valence-corrected chi connectivity index (χ3v) is 6.56. The Bertz CT molecular complexity index is 1380. The summed E-state index contributed by atoms with van der Waals surface area (Å²) in [7, 11) is 1.57. The molecular weight excluding hydrogens is 564 g/mol. The van der Waals surface area contributed by atoms with E-state index in [1.165, 1.54) is 11.3 Å². The van der Waals surface area contributed by atoms with E-state index in [0.717, 1.165) is 32.1 Å². The van der Waals surface area contributed by atoms with Gasteiger partial charge in [-0.3, -0.25) is 4.79 Å². The minimum absolute atomic E-state index is 0.321. The Balaban J connectivity index is 1.38. The number of halogens is 2. The summed E-state index contributed by atoms with van der Waals surface area (Å²) in [6.07, 6.45) is 1.54. The van der Waals surface area contributed by atoms with Gasteiger partial charge in [0, 0.05) is 27.2 Å². The minimum Gasteiger partial charge on any atom is -0.493 e. The van der Waals surface area contributed by atoms with Gasteiger partial charge in [0.15, 0.2) is 16.6 Å². The number of hydrazone groups is 1. The van der Waals surface area contributed by atoms with Crippen molar-refractivity contribution in [3.05, 3.63) is 86.7 Å². The van der Waals surface area contributed by atoms with E-state index >= 15 is 0 Å². The Hall–Kier alpha value is -3.40. The molecule has 0 radical (unpaired) electrons. The van der Waals surface area contributed by atoms with E-state index in [0.29, 0.717) is 28.7 Å². The lowest BCUT2D eigenvalue weighted by Crippen LogP contribution is -2.17. The van der Waals surface area contributed by atoms with Gasteiger partial charge in [0.05, 0.1) is 30.1 Å².